The van der Waals surface area contributed by atoms with Crippen molar-refractivity contribution in [1.82, 2.24) is 4.98 Å². The minimum Gasteiger partial charge on any atom is -0.462 e. The van der Waals surface area contributed by atoms with Crippen molar-refractivity contribution in [3.05, 3.63) is 41.1 Å². The molecule has 0 fully saturated rings. The summed E-state index contributed by atoms with van der Waals surface area (Å²) in [6.45, 7) is 8.25. The van der Waals surface area contributed by atoms with Crippen molar-refractivity contribution in [1.29, 1.82) is 0 Å². The Hall–Kier alpha value is -2.23. The molecule has 2 aromatic rings. The summed E-state index contributed by atoms with van der Waals surface area (Å²) >= 11 is 0. The molecule has 0 saturated carbocycles. The number of carbonyl (C=O) groups is 1. The largest absolute Gasteiger partial charge is 0.462 e. The molecule has 3 N–H and O–H groups in total. The van der Waals surface area contributed by atoms with Crippen molar-refractivity contribution in [2.75, 3.05) is 12.3 Å². The Labute approximate surface area is 125 Å². The molecule has 2 rings (SSSR count). The van der Waals surface area contributed by atoms with E-state index in [4.69, 9.17) is 10.5 Å². The van der Waals surface area contributed by atoms with E-state index >= 15 is 0 Å². The number of carbonyl (C=O) groups excluding carboxylic acids is 1. The summed E-state index contributed by atoms with van der Waals surface area (Å²) < 4.78 is 5.05. The molecule has 0 spiro atoms. The molecule has 1 aromatic heterocycles. The number of aromatic nitrogens is 1. The molecule has 0 saturated heterocycles. The van der Waals surface area contributed by atoms with Gasteiger partial charge in [-0.25, -0.2) is 4.79 Å². The summed E-state index contributed by atoms with van der Waals surface area (Å²) in [6.07, 6.45) is 0. The Bertz CT molecular complexity index is 640. The van der Waals surface area contributed by atoms with Crippen LogP contribution in [0.3, 0.4) is 0 Å². The standard InChI is InChI=1S/C17H22N2O2/c1-5-21-17(20)14-11(4)19-16(15(14)18)13-8-6-12(7-9-13)10(2)3/h6-10,19H,5,18H2,1-4H3. The van der Waals surface area contributed by atoms with Crippen LogP contribution in [0.25, 0.3) is 11.3 Å². The zero-order valence-electron chi connectivity index (χ0n) is 13.0. The summed E-state index contributed by atoms with van der Waals surface area (Å²) in [7, 11) is 0. The molecule has 112 valence electrons. The van der Waals surface area contributed by atoms with Gasteiger partial charge in [-0.2, -0.15) is 0 Å². The highest BCUT2D eigenvalue weighted by Crippen LogP contribution is 2.31. The van der Waals surface area contributed by atoms with Crippen molar-refractivity contribution in [3.8, 4) is 11.3 Å². The normalized spacial score (nSPS) is 10.9. The minimum atomic E-state index is -0.381. The van der Waals surface area contributed by atoms with E-state index in [0.29, 0.717) is 23.8 Å². The molecule has 0 unspecified atom stereocenters. The third-order valence-electron chi connectivity index (χ3n) is 3.57. The molecule has 0 bridgehead atoms. The van der Waals surface area contributed by atoms with Crippen molar-refractivity contribution in [2.24, 2.45) is 0 Å². The number of aromatic amines is 1. The Morgan fingerprint density at radius 2 is 1.90 bits per heavy atom. The molecule has 4 heteroatoms. The summed E-state index contributed by atoms with van der Waals surface area (Å²) in [5, 5.41) is 0. The van der Waals surface area contributed by atoms with Crippen LogP contribution < -0.4 is 5.73 Å². The molecule has 0 aliphatic rings. The van der Waals surface area contributed by atoms with Gasteiger partial charge in [-0.3, -0.25) is 0 Å². The number of nitrogen functional groups attached to an aromatic ring is 1. The lowest BCUT2D eigenvalue weighted by molar-refractivity contribution is 0.0527. The van der Waals surface area contributed by atoms with Gasteiger partial charge in [0, 0.05) is 11.3 Å². The predicted octanol–water partition coefficient (Wildman–Crippen LogP) is 3.87. The smallest absolute Gasteiger partial charge is 0.342 e. The zero-order chi connectivity index (χ0) is 15.6. The number of benzene rings is 1. The van der Waals surface area contributed by atoms with E-state index in [2.05, 4.69) is 31.0 Å². The van der Waals surface area contributed by atoms with Gasteiger partial charge in [-0.05, 0) is 25.3 Å². The van der Waals surface area contributed by atoms with E-state index in [0.717, 1.165) is 17.0 Å². The second-order valence-corrected chi connectivity index (χ2v) is 5.41. The summed E-state index contributed by atoms with van der Waals surface area (Å²) in [5.41, 5.74) is 10.7. The van der Waals surface area contributed by atoms with Gasteiger partial charge in [-0.1, -0.05) is 38.1 Å². The number of nitrogens with one attached hydrogen (secondary N) is 1. The Balaban J connectivity index is 2.41. The maximum Gasteiger partial charge on any atom is 0.342 e. The van der Waals surface area contributed by atoms with Crippen LogP contribution in [0.5, 0.6) is 0 Å². The Morgan fingerprint density at radius 3 is 2.43 bits per heavy atom. The first-order chi connectivity index (χ1) is 9.95. The van der Waals surface area contributed by atoms with E-state index in [1.807, 2.05) is 19.1 Å². The van der Waals surface area contributed by atoms with Crippen LogP contribution in [-0.4, -0.2) is 17.6 Å². The van der Waals surface area contributed by atoms with Crippen LogP contribution >= 0.6 is 0 Å². The molecular weight excluding hydrogens is 264 g/mol. The number of aryl methyl sites for hydroxylation is 1. The van der Waals surface area contributed by atoms with Crippen LogP contribution in [0.15, 0.2) is 24.3 Å². The molecular formula is C17H22N2O2. The monoisotopic (exact) mass is 286 g/mol. The van der Waals surface area contributed by atoms with Crippen molar-refractivity contribution in [3.63, 3.8) is 0 Å². The van der Waals surface area contributed by atoms with E-state index in [-0.39, 0.29) is 5.97 Å². The maximum atomic E-state index is 12.0. The number of rotatable bonds is 4. The first kappa shape index (κ1) is 15.2. The van der Waals surface area contributed by atoms with Gasteiger partial charge in [0.1, 0.15) is 5.56 Å². The van der Waals surface area contributed by atoms with Crippen LogP contribution in [0, 0.1) is 6.92 Å². The van der Waals surface area contributed by atoms with Crippen LogP contribution in [0.2, 0.25) is 0 Å². The van der Waals surface area contributed by atoms with Crippen LogP contribution in [0.1, 0.15) is 48.3 Å². The highest BCUT2D eigenvalue weighted by atomic mass is 16.5. The third-order valence-corrected chi connectivity index (χ3v) is 3.57. The SMILES string of the molecule is CCOC(=O)c1c(C)[nH]c(-c2ccc(C(C)C)cc2)c1N. The molecule has 4 nitrogen and oxygen atoms in total. The third kappa shape index (κ3) is 2.94. The number of H-pyrrole nitrogens is 1. The van der Waals surface area contributed by atoms with Gasteiger partial charge < -0.3 is 15.5 Å². The van der Waals surface area contributed by atoms with Gasteiger partial charge in [0.15, 0.2) is 0 Å². The summed E-state index contributed by atoms with van der Waals surface area (Å²) in [4.78, 5) is 15.1. The predicted molar refractivity (Wildman–Crippen MR) is 85.4 cm³/mol. The average Bonchev–Trinajstić information content (AvgIpc) is 2.74. The molecule has 21 heavy (non-hydrogen) atoms. The number of ether oxygens (including phenoxy) is 1. The second-order valence-electron chi connectivity index (χ2n) is 5.41. The zero-order valence-corrected chi connectivity index (χ0v) is 13.0. The van der Waals surface area contributed by atoms with Crippen molar-refractivity contribution >= 4 is 11.7 Å². The molecule has 0 radical (unpaired) electrons. The van der Waals surface area contributed by atoms with E-state index < -0.39 is 0 Å². The molecule has 0 aliphatic heterocycles. The summed E-state index contributed by atoms with van der Waals surface area (Å²) in [6, 6.07) is 8.21. The lowest BCUT2D eigenvalue weighted by atomic mass is 10.0. The molecule has 1 aromatic carbocycles. The second kappa shape index (κ2) is 6.04. The summed E-state index contributed by atoms with van der Waals surface area (Å²) in [5.74, 6) is 0.102. The molecule has 0 atom stereocenters. The number of hydrogen-bond donors (Lipinski definition) is 2. The lowest BCUT2D eigenvalue weighted by Gasteiger charge is -2.07. The van der Waals surface area contributed by atoms with E-state index in [1.54, 1.807) is 6.92 Å². The molecule has 1 heterocycles. The number of esters is 1. The van der Waals surface area contributed by atoms with Crippen molar-refractivity contribution in [2.45, 2.75) is 33.6 Å². The van der Waals surface area contributed by atoms with Gasteiger partial charge >= 0.3 is 5.97 Å². The quantitative estimate of drug-likeness (QED) is 0.838. The van der Waals surface area contributed by atoms with Crippen LogP contribution in [-0.2, 0) is 4.74 Å². The first-order valence-corrected chi connectivity index (χ1v) is 7.21. The van der Waals surface area contributed by atoms with Gasteiger partial charge in [0.2, 0.25) is 0 Å². The minimum absolute atomic E-state index is 0.335. The van der Waals surface area contributed by atoms with E-state index in [1.165, 1.54) is 5.56 Å². The van der Waals surface area contributed by atoms with Gasteiger partial charge in [-0.15, -0.1) is 0 Å². The molecule has 0 amide bonds. The Kier molecular flexibility index (Phi) is 4.36. The van der Waals surface area contributed by atoms with Crippen LogP contribution in [0.4, 0.5) is 5.69 Å². The van der Waals surface area contributed by atoms with Gasteiger partial charge in [0.05, 0.1) is 18.0 Å². The number of anilines is 1. The highest BCUT2D eigenvalue weighted by Gasteiger charge is 2.20. The lowest BCUT2D eigenvalue weighted by Crippen LogP contribution is -2.07. The fourth-order valence-corrected chi connectivity index (χ4v) is 2.37. The average molecular weight is 286 g/mol. The Morgan fingerprint density at radius 1 is 1.29 bits per heavy atom. The maximum absolute atomic E-state index is 12.0. The topological polar surface area (TPSA) is 68.1 Å². The highest BCUT2D eigenvalue weighted by molar-refractivity contribution is 6.00. The first-order valence-electron chi connectivity index (χ1n) is 7.21. The fourth-order valence-electron chi connectivity index (χ4n) is 2.37. The van der Waals surface area contributed by atoms with E-state index in [9.17, 15) is 4.79 Å². The number of nitrogens with two attached hydrogens (primary N) is 1. The van der Waals surface area contributed by atoms with Gasteiger partial charge in [0.25, 0.3) is 0 Å². The fraction of sp³-hybridized carbons (Fsp3) is 0.353. The van der Waals surface area contributed by atoms with Crippen molar-refractivity contribution < 1.29 is 9.53 Å². The molecule has 0 aliphatic carbocycles. The number of hydrogen-bond acceptors (Lipinski definition) is 3.